The molecule has 2 amide bonds. The van der Waals surface area contributed by atoms with E-state index in [0.717, 1.165) is 25.7 Å². The predicted molar refractivity (Wildman–Crippen MR) is 74.9 cm³/mol. The van der Waals surface area contributed by atoms with Crippen molar-refractivity contribution >= 4 is 6.03 Å². The number of carbonyl (C=O) groups is 1. The molecule has 4 nitrogen and oxygen atoms in total. The molecular weight excluding hydrogens is 240 g/mol. The number of amides is 2. The van der Waals surface area contributed by atoms with Crippen LogP contribution in [0.5, 0.6) is 0 Å². The van der Waals surface area contributed by atoms with Gasteiger partial charge in [-0.3, -0.25) is 0 Å². The number of hydrogen-bond donors (Lipinski definition) is 3. The molecule has 3 N–H and O–H groups in total. The van der Waals surface area contributed by atoms with Crippen LogP contribution in [0.4, 0.5) is 4.79 Å². The van der Waals surface area contributed by atoms with Crippen LogP contribution in [0.25, 0.3) is 0 Å². The first-order valence-corrected chi connectivity index (χ1v) is 7.00. The van der Waals surface area contributed by atoms with Gasteiger partial charge >= 0.3 is 6.03 Å². The van der Waals surface area contributed by atoms with Crippen molar-refractivity contribution in [3.8, 4) is 0 Å². The molecule has 0 saturated heterocycles. The molecule has 0 bridgehead atoms. The molecule has 1 aromatic carbocycles. The maximum atomic E-state index is 11.7. The minimum atomic E-state index is -0.261. The molecule has 4 heteroatoms. The van der Waals surface area contributed by atoms with E-state index in [-0.39, 0.29) is 18.2 Å². The fourth-order valence-corrected chi connectivity index (χ4v) is 2.50. The second kappa shape index (κ2) is 7.14. The van der Waals surface area contributed by atoms with Crippen LogP contribution in [0.2, 0.25) is 0 Å². The zero-order valence-corrected chi connectivity index (χ0v) is 11.1. The summed E-state index contributed by atoms with van der Waals surface area (Å²) in [5.74, 6) is 0. The molecular formula is C15H22N2O2. The highest BCUT2D eigenvalue weighted by Gasteiger charge is 2.21. The van der Waals surface area contributed by atoms with Gasteiger partial charge in [0.25, 0.3) is 0 Å². The van der Waals surface area contributed by atoms with Crippen molar-refractivity contribution in [1.82, 2.24) is 10.6 Å². The fraction of sp³-hybridized carbons (Fsp3) is 0.533. The van der Waals surface area contributed by atoms with Crippen molar-refractivity contribution in [3.05, 3.63) is 35.9 Å². The SMILES string of the molecule is O=C(NCCc1ccccc1)NC1CCCC(O)C1. The summed E-state index contributed by atoms with van der Waals surface area (Å²) >= 11 is 0. The number of urea groups is 1. The molecule has 1 saturated carbocycles. The number of rotatable bonds is 4. The van der Waals surface area contributed by atoms with Crippen LogP contribution in [0.3, 0.4) is 0 Å². The lowest BCUT2D eigenvalue weighted by Gasteiger charge is -2.26. The average Bonchev–Trinajstić information content (AvgIpc) is 2.40. The first-order valence-electron chi connectivity index (χ1n) is 7.00. The Morgan fingerprint density at radius 3 is 2.79 bits per heavy atom. The van der Waals surface area contributed by atoms with E-state index in [1.165, 1.54) is 5.56 Å². The third-order valence-corrected chi connectivity index (χ3v) is 3.52. The Hall–Kier alpha value is -1.55. The largest absolute Gasteiger partial charge is 0.393 e. The van der Waals surface area contributed by atoms with Crippen LogP contribution in [0, 0.1) is 0 Å². The van der Waals surface area contributed by atoms with Gasteiger partial charge in [-0.25, -0.2) is 4.79 Å². The van der Waals surface area contributed by atoms with Gasteiger partial charge in [-0.1, -0.05) is 30.3 Å². The van der Waals surface area contributed by atoms with Crippen molar-refractivity contribution in [2.24, 2.45) is 0 Å². The zero-order chi connectivity index (χ0) is 13.5. The molecule has 104 valence electrons. The maximum Gasteiger partial charge on any atom is 0.315 e. The predicted octanol–water partition coefficient (Wildman–Crippen LogP) is 1.83. The summed E-state index contributed by atoms with van der Waals surface area (Å²) in [6, 6.07) is 10.1. The number of aliphatic hydroxyl groups is 1. The van der Waals surface area contributed by atoms with E-state index in [1.54, 1.807) is 0 Å². The van der Waals surface area contributed by atoms with Crippen molar-refractivity contribution in [3.63, 3.8) is 0 Å². The average molecular weight is 262 g/mol. The quantitative estimate of drug-likeness (QED) is 0.775. The highest BCUT2D eigenvalue weighted by molar-refractivity contribution is 5.74. The molecule has 0 heterocycles. The van der Waals surface area contributed by atoms with E-state index in [0.29, 0.717) is 13.0 Å². The Bertz CT molecular complexity index is 394. The Morgan fingerprint density at radius 1 is 1.26 bits per heavy atom. The van der Waals surface area contributed by atoms with Gasteiger partial charge in [0.1, 0.15) is 0 Å². The summed E-state index contributed by atoms with van der Waals surface area (Å²) in [6.45, 7) is 0.630. The van der Waals surface area contributed by atoms with Crippen molar-refractivity contribution < 1.29 is 9.90 Å². The summed E-state index contributed by atoms with van der Waals surface area (Å²) in [7, 11) is 0. The minimum Gasteiger partial charge on any atom is -0.393 e. The number of benzene rings is 1. The topological polar surface area (TPSA) is 61.4 Å². The minimum absolute atomic E-state index is 0.112. The van der Waals surface area contributed by atoms with Gasteiger partial charge in [0, 0.05) is 12.6 Å². The molecule has 1 fully saturated rings. The van der Waals surface area contributed by atoms with E-state index in [9.17, 15) is 9.90 Å². The molecule has 19 heavy (non-hydrogen) atoms. The number of aliphatic hydroxyl groups excluding tert-OH is 1. The monoisotopic (exact) mass is 262 g/mol. The second-order valence-electron chi connectivity index (χ2n) is 5.15. The summed E-state index contributed by atoms with van der Waals surface area (Å²) in [4.78, 5) is 11.7. The molecule has 0 radical (unpaired) electrons. The lowest BCUT2D eigenvalue weighted by molar-refractivity contribution is 0.113. The van der Waals surface area contributed by atoms with Crippen molar-refractivity contribution in [2.75, 3.05) is 6.54 Å². The van der Waals surface area contributed by atoms with E-state index < -0.39 is 0 Å². The molecule has 0 spiro atoms. The molecule has 0 aromatic heterocycles. The van der Waals surface area contributed by atoms with E-state index in [2.05, 4.69) is 22.8 Å². The Labute approximate surface area is 114 Å². The van der Waals surface area contributed by atoms with E-state index >= 15 is 0 Å². The second-order valence-corrected chi connectivity index (χ2v) is 5.15. The zero-order valence-electron chi connectivity index (χ0n) is 11.1. The molecule has 2 atom stereocenters. The Balaban J connectivity index is 1.64. The third-order valence-electron chi connectivity index (χ3n) is 3.52. The Morgan fingerprint density at radius 2 is 2.05 bits per heavy atom. The summed E-state index contributed by atoms with van der Waals surface area (Å²) in [6.07, 6.45) is 4.05. The van der Waals surface area contributed by atoms with Crippen LogP contribution in [0.15, 0.2) is 30.3 Å². The number of carbonyl (C=O) groups excluding carboxylic acids is 1. The normalized spacial score (nSPS) is 22.8. The van der Waals surface area contributed by atoms with Crippen molar-refractivity contribution in [2.45, 2.75) is 44.2 Å². The number of nitrogens with one attached hydrogen (secondary N) is 2. The first kappa shape index (κ1) is 13.9. The Kier molecular flexibility index (Phi) is 5.21. The fourth-order valence-electron chi connectivity index (χ4n) is 2.50. The van der Waals surface area contributed by atoms with E-state index in [1.807, 2.05) is 18.2 Å². The van der Waals surface area contributed by atoms with Crippen LogP contribution >= 0.6 is 0 Å². The maximum absolute atomic E-state index is 11.7. The summed E-state index contributed by atoms with van der Waals surface area (Å²) in [5.41, 5.74) is 1.22. The summed E-state index contributed by atoms with van der Waals surface area (Å²) < 4.78 is 0. The van der Waals surface area contributed by atoms with E-state index in [4.69, 9.17) is 0 Å². The van der Waals surface area contributed by atoms with Crippen LogP contribution < -0.4 is 10.6 Å². The number of hydrogen-bond acceptors (Lipinski definition) is 2. The van der Waals surface area contributed by atoms with Gasteiger partial charge in [0.05, 0.1) is 6.10 Å². The molecule has 2 unspecified atom stereocenters. The van der Waals surface area contributed by atoms with Gasteiger partial charge in [-0.05, 0) is 37.7 Å². The molecule has 1 aliphatic carbocycles. The van der Waals surface area contributed by atoms with Gasteiger partial charge < -0.3 is 15.7 Å². The molecule has 0 aliphatic heterocycles. The third kappa shape index (κ3) is 4.91. The standard InChI is InChI=1S/C15H22N2O2/c18-14-8-4-7-13(11-14)17-15(19)16-10-9-12-5-2-1-3-6-12/h1-3,5-6,13-14,18H,4,7-11H2,(H2,16,17,19). The smallest absolute Gasteiger partial charge is 0.315 e. The van der Waals surface area contributed by atoms with Gasteiger partial charge in [0.15, 0.2) is 0 Å². The molecule has 2 rings (SSSR count). The van der Waals surface area contributed by atoms with Crippen LogP contribution in [0.1, 0.15) is 31.2 Å². The lowest BCUT2D eigenvalue weighted by atomic mass is 9.93. The highest BCUT2D eigenvalue weighted by Crippen LogP contribution is 2.17. The lowest BCUT2D eigenvalue weighted by Crippen LogP contribution is -2.45. The van der Waals surface area contributed by atoms with Gasteiger partial charge in [-0.2, -0.15) is 0 Å². The van der Waals surface area contributed by atoms with Gasteiger partial charge in [0.2, 0.25) is 0 Å². The summed E-state index contributed by atoms with van der Waals surface area (Å²) in [5, 5.41) is 15.3. The molecule has 1 aromatic rings. The van der Waals surface area contributed by atoms with Crippen LogP contribution in [-0.2, 0) is 6.42 Å². The molecule has 1 aliphatic rings. The van der Waals surface area contributed by atoms with Crippen molar-refractivity contribution in [1.29, 1.82) is 0 Å². The van der Waals surface area contributed by atoms with Gasteiger partial charge in [-0.15, -0.1) is 0 Å². The van der Waals surface area contributed by atoms with Crippen LogP contribution in [-0.4, -0.2) is 29.8 Å². The first-order chi connectivity index (χ1) is 9.24. The highest BCUT2D eigenvalue weighted by atomic mass is 16.3.